The molecule has 5 nitrogen and oxygen atoms in total. The zero-order chi connectivity index (χ0) is 17.3. The Morgan fingerprint density at radius 3 is 2.88 bits per heavy atom. The number of nitrogens with one attached hydrogen (secondary N) is 1. The number of carbonyl (C=O) groups excluding carboxylic acids is 1. The average Bonchev–Trinajstić information content (AvgIpc) is 3.01. The second-order valence-electron chi connectivity index (χ2n) is 6.83. The summed E-state index contributed by atoms with van der Waals surface area (Å²) in [5.41, 5.74) is 2.67. The minimum absolute atomic E-state index is 0.0161. The fourth-order valence-electron chi connectivity index (χ4n) is 3.61. The summed E-state index contributed by atoms with van der Waals surface area (Å²) in [5.74, 6) is 0.577. The van der Waals surface area contributed by atoms with E-state index < -0.39 is 10.8 Å². The molecule has 1 fully saturated rings. The standard InChI is InChI=1S/C18H27N3O2S/c1-13(20-9-8-16-6-4-5-7-17(16)20)12-19-18(22)21-10-11-24(23)15(3)14(21)2/h4-7,13-15H,8-12H2,1-3H3,(H,19,22). The Bertz CT molecular complexity index is 636. The van der Waals surface area contributed by atoms with E-state index in [9.17, 15) is 9.00 Å². The lowest BCUT2D eigenvalue weighted by Crippen LogP contribution is -2.56. The van der Waals surface area contributed by atoms with E-state index in [-0.39, 0.29) is 23.4 Å². The van der Waals surface area contributed by atoms with Crippen LogP contribution in [0, 0.1) is 0 Å². The highest BCUT2D eigenvalue weighted by atomic mass is 32.2. The lowest BCUT2D eigenvalue weighted by atomic mass is 10.2. The fraction of sp³-hybridized carbons (Fsp3) is 0.611. The fourth-order valence-corrected chi connectivity index (χ4v) is 4.94. The first-order chi connectivity index (χ1) is 11.5. The maximum absolute atomic E-state index is 12.5. The van der Waals surface area contributed by atoms with E-state index in [1.807, 2.05) is 18.7 Å². The molecule has 2 aliphatic rings. The molecule has 4 unspecified atom stereocenters. The molecule has 3 rings (SSSR count). The van der Waals surface area contributed by atoms with Crippen LogP contribution in [0.3, 0.4) is 0 Å². The molecule has 1 N–H and O–H groups in total. The number of hydrogen-bond acceptors (Lipinski definition) is 3. The molecule has 0 bridgehead atoms. The van der Waals surface area contributed by atoms with Crippen molar-refractivity contribution in [2.75, 3.05) is 30.3 Å². The van der Waals surface area contributed by atoms with Gasteiger partial charge in [0.25, 0.3) is 0 Å². The molecular weight excluding hydrogens is 322 g/mol. The van der Waals surface area contributed by atoms with Gasteiger partial charge in [0, 0.05) is 54.0 Å². The number of para-hydroxylation sites is 1. The molecule has 0 spiro atoms. The Balaban J connectivity index is 1.56. The molecule has 2 aliphatic heterocycles. The number of fused-ring (bicyclic) bond motifs is 1. The summed E-state index contributed by atoms with van der Waals surface area (Å²) in [6, 6.07) is 8.72. The third-order valence-corrected chi connectivity index (χ3v) is 7.19. The summed E-state index contributed by atoms with van der Waals surface area (Å²) in [5, 5.41) is 3.11. The molecule has 6 heteroatoms. The maximum Gasteiger partial charge on any atom is 0.317 e. The van der Waals surface area contributed by atoms with Gasteiger partial charge in [0.1, 0.15) is 0 Å². The molecule has 0 aliphatic carbocycles. The van der Waals surface area contributed by atoms with Gasteiger partial charge in [-0.15, -0.1) is 0 Å². The third kappa shape index (κ3) is 3.29. The van der Waals surface area contributed by atoms with Crippen molar-refractivity contribution in [2.24, 2.45) is 0 Å². The van der Waals surface area contributed by atoms with E-state index >= 15 is 0 Å². The van der Waals surface area contributed by atoms with Gasteiger partial charge in [-0.05, 0) is 38.8 Å². The van der Waals surface area contributed by atoms with E-state index in [1.54, 1.807) is 0 Å². The Hall–Kier alpha value is -1.56. The van der Waals surface area contributed by atoms with E-state index in [0.29, 0.717) is 18.8 Å². The molecule has 1 aromatic carbocycles. The Morgan fingerprint density at radius 2 is 2.08 bits per heavy atom. The number of benzene rings is 1. The molecule has 0 saturated carbocycles. The van der Waals surface area contributed by atoms with E-state index in [4.69, 9.17) is 0 Å². The molecule has 0 radical (unpaired) electrons. The van der Waals surface area contributed by atoms with Crippen molar-refractivity contribution < 1.29 is 9.00 Å². The summed E-state index contributed by atoms with van der Waals surface area (Å²) in [4.78, 5) is 16.7. The van der Waals surface area contributed by atoms with Crippen molar-refractivity contribution in [2.45, 2.75) is 44.5 Å². The van der Waals surface area contributed by atoms with Crippen LogP contribution in [0.4, 0.5) is 10.5 Å². The number of anilines is 1. The van der Waals surface area contributed by atoms with Crippen LogP contribution in [-0.4, -0.2) is 57.9 Å². The molecular formula is C18H27N3O2S. The SMILES string of the molecule is CC1C(C)S(=O)CCN1C(=O)NCC(C)N1CCc2ccccc21. The lowest BCUT2D eigenvalue weighted by molar-refractivity contribution is 0.179. The van der Waals surface area contributed by atoms with Crippen LogP contribution in [-0.2, 0) is 17.2 Å². The maximum atomic E-state index is 12.5. The lowest BCUT2D eigenvalue weighted by Gasteiger charge is -2.37. The molecule has 132 valence electrons. The predicted molar refractivity (Wildman–Crippen MR) is 99.0 cm³/mol. The number of amides is 2. The molecule has 1 saturated heterocycles. The second kappa shape index (κ2) is 7.13. The van der Waals surface area contributed by atoms with Crippen LogP contribution in [0.2, 0.25) is 0 Å². The number of nitrogens with zero attached hydrogens (tertiary/aromatic N) is 2. The minimum Gasteiger partial charge on any atom is -0.366 e. The van der Waals surface area contributed by atoms with Crippen LogP contribution >= 0.6 is 0 Å². The van der Waals surface area contributed by atoms with Gasteiger partial charge < -0.3 is 15.1 Å². The van der Waals surface area contributed by atoms with E-state index in [1.165, 1.54) is 11.3 Å². The van der Waals surface area contributed by atoms with E-state index in [2.05, 4.69) is 41.4 Å². The van der Waals surface area contributed by atoms with Crippen molar-refractivity contribution in [1.82, 2.24) is 10.2 Å². The minimum atomic E-state index is -0.822. The Labute approximate surface area is 146 Å². The molecule has 2 heterocycles. The van der Waals surface area contributed by atoms with Crippen LogP contribution in [0.25, 0.3) is 0 Å². The van der Waals surface area contributed by atoms with Crippen LogP contribution in [0.1, 0.15) is 26.3 Å². The quantitative estimate of drug-likeness (QED) is 0.908. The van der Waals surface area contributed by atoms with Gasteiger partial charge in [0.05, 0.1) is 5.25 Å². The molecule has 0 aromatic heterocycles. The Morgan fingerprint density at radius 1 is 1.33 bits per heavy atom. The third-order valence-electron chi connectivity index (χ3n) is 5.38. The zero-order valence-electron chi connectivity index (χ0n) is 14.7. The average molecular weight is 350 g/mol. The normalized spacial score (nSPS) is 27.7. The number of hydrogen-bond donors (Lipinski definition) is 1. The van der Waals surface area contributed by atoms with Crippen molar-refractivity contribution in [3.8, 4) is 0 Å². The zero-order valence-corrected chi connectivity index (χ0v) is 15.5. The van der Waals surface area contributed by atoms with Crippen molar-refractivity contribution in [1.29, 1.82) is 0 Å². The molecule has 24 heavy (non-hydrogen) atoms. The highest BCUT2D eigenvalue weighted by Crippen LogP contribution is 2.28. The first-order valence-electron chi connectivity index (χ1n) is 8.75. The van der Waals surface area contributed by atoms with Gasteiger partial charge in [-0.25, -0.2) is 4.79 Å². The summed E-state index contributed by atoms with van der Waals surface area (Å²) in [6.45, 7) is 8.30. The van der Waals surface area contributed by atoms with Crippen LogP contribution < -0.4 is 10.2 Å². The van der Waals surface area contributed by atoms with Gasteiger partial charge >= 0.3 is 6.03 Å². The number of rotatable bonds is 3. The van der Waals surface area contributed by atoms with Gasteiger partial charge in [0.15, 0.2) is 0 Å². The first kappa shape index (κ1) is 17.3. The largest absolute Gasteiger partial charge is 0.366 e. The summed E-state index contributed by atoms with van der Waals surface area (Å²) < 4.78 is 11.9. The van der Waals surface area contributed by atoms with Crippen molar-refractivity contribution in [3.63, 3.8) is 0 Å². The summed E-state index contributed by atoms with van der Waals surface area (Å²) in [6.07, 6.45) is 1.07. The first-order valence-corrected chi connectivity index (χ1v) is 10.1. The monoisotopic (exact) mass is 349 g/mol. The van der Waals surface area contributed by atoms with Gasteiger partial charge in [-0.3, -0.25) is 4.21 Å². The van der Waals surface area contributed by atoms with Gasteiger partial charge in [-0.2, -0.15) is 0 Å². The summed E-state index contributed by atoms with van der Waals surface area (Å²) in [7, 11) is -0.822. The van der Waals surface area contributed by atoms with E-state index in [0.717, 1.165) is 13.0 Å². The van der Waals surface area contributed by atoms with Crippen molar-refractivity contribution in [3.05, 3.63) is 29.8 Å². The highest BCUT2D eigenvalue weighted by molar-refractivity contribution is 7.85. The van der Waals surface area contributed by atoms with Crippen LogP contribution in [0.15, 0.2) is 24.3 Å². The number of carbonyl (C=O) groups is 1. The Kier molecular flexibility index (Phi) is 5.13. The van der Waals surface area contributed by atoms with Crippen LogP contribution in [0.5, 0.6) is 0 Å². The highest BCUT2D eigenvalue weighted by Gasteiger charge is 2.33. The number of urea groups is 1. The van der Waals surface area contributed by atoms with Gasteiger partial charge in [0.2, 0.25) is 0 Å². The summed E-state index contributed by atoms with van der Waals surface area (Å²) >= 11 is 0. The smallest absolute Gasteiger partial charge is 0.317 e. The molecule has 2 amide bonds. The predicted octanol–water partition coefficient (Wildman–Crippen LogP) is 1.99. The van der Waals surface area contributed by atoms with Gasteiger partial charge in [-0.1, -0.05) is 18.2 Å². The van der Waals surface area contributed by atoms with Crippen molar-refractivity contribution >= 4 is 22.5 Å². The molecule has 4 atom stereocenters. The molecule has 1 aromatic rings. The second-order valence-corrected chi connectivity index (χ2v) is 8.74. The topological polar surface area (TPSA) is 52.7 Å².